The molecule has 2 aromatic carbocycles. The number of carbonyl (C=O) groups excluding carboxylic acids is 1. The Morgan fingerprint density at radius 1 is 1.22 bits per heavy atom. The standard InChI is InChI=1S/C18H18ClN3O/c1-10(2)13-7-4-8-14-15(11-5-3-6-12(19)9-11)21-17(20)18(23)22-16(13)14/h3-10,17H,20H2,1-2H3,(H,22,23). The van der Waals surface area contributed by atoms with Crippen LogP contribution in [0.1, 0.15) is 36.5 Å². The molecule has 0 radical (unpaired) electrons. The molecule has 1 atom stereocenters. The third-order valence-electron chi connectivity index (χ3n) is 3.86. The summed E-state index contributed by atoms with van der Waals surface area (Å²) < 4.78 is 0. The number of nitrogens with one attached hydrogen (secondary N) is 1. The van der Waals surface area contributed by atoms with Crippen molar-refractivity contribution in [1.82, 2.24) is 0 Å². The van der Waals surface area contributed by atoms with Crippen LogP contribution in [0.3, 0.4) is 0 Å². The van der Waals surface area contributed by atoms with Crippen LogP contribution in [-0.2, 0) is 4.79 Å². The van der Waals surface area contributed by atoms with Gasteiger partial charge in [-0.05, 0) is 23.6 Å². The van der Waals surface area contributed by atoms with Gasteiger partial charge < -0.3 is 11.1 Å². The van der Waals surface area contributed by atoms with E-state index in [1.54, 1.807) is 6.07 Å². The molecule has 118 valence electrons. The van der Waals surface area contributed by atoms with Gasteiger partial charge in [0.15, 0.2) is 6.17 Å². The zero-order valence-electron chi connectivity index (χ0n) is 13.0. The Bertz CT molecular complexity index is 799. The number of para-hydroxylation sites is 1. The number of hydrogen-bond donors (Lipinski definition) is 2. The van der Waals surface area contributed by atoms with Crippen molar-refractivity contribution in [2.45, 2.75) is 25.9 Å². The summed E-state index contributed by atoms with van der Waals surface area (Å²) >= 11 is 6.11. The van der Waals surface area contributed by atoms with E-state index in [-0.39, 0.29) is 11.8 Å². The number of nitrogens with two attached hydrogens (primary N) is 1. The summed E-state index contributed by atoms with van der Waals surface area (Å²) in [5, 5.41) is 3.54. The monoisotopic (exact) mass is 327 g/mol. The van der Waals surface area contributed by atoms with Crippen molar-refractivity contribution in [3.8, 4) is 0 Å². The number of nitrogens with zero attached hydrogens (tertiary/aromatic N) is 1. The van der Waals surface area contributed by atoms with E-state index >= 15 is 0 Å². The Hall–Kier alpha value is -2.17. The summed E-state index contributed by atoms with van der Waals surface area (Å²) in [5.74, 6) is -0.0448. The van der Waals surface area contributed by atoms with Crippen LogP contribution >= 0.6 is 11.6 Å². The lowest BCUT2D eigenvalue weighted by atomic mass is 9.93. The zero-order chi connectivity index (χ0) is 16.6. The average molecular weight is 328 g/mol. The second-order valence-corrected chi connectivity index (χ2v) is 6.28. The van der Waals surface area contributed by atoms with Gasteiger partial charge in [0, 0.05) is 16.1 Å². The lowest BCUT2D eigenvalue weighted by Gasteiger charge is -2.17. The van der Waals surface area contributed by atoms with Gasteiger partial charge in [-0.1, -0.05) is 55.8 Å². The van der Waals surface area contributed by atoms with Gasteiger partial charge in [-0.15, -0.1) is 0 Å². The number of benzodiazepines with no additional fused rings is 1. The van der Waals surface area contributed by atoms with E-state index in [1.165, 1.54) is 0 Å². The van der Waals surface area contributed by atoms with Gasteiger partial charge in [0.2, 0.25) is 0 Å². The Kier molecular flexibility index (Phi) is 4.20. The van der Waals surface area contributed by atoms with Crippen molar-refractivity contribution in [1.29, 1.82) is 0 Å². The molecule has 0 aliphatic carbocycles. The highest BCUT2D eigenvalue weighted by Gasteiger charge is 2.25. The lowest BCUT2D eigenvalue weighted by Crippen LogP contribution is -2.33. The predicted octanol–water partition coefficient (Wildman–Crippen LogP) is 3.54. The summed E-state index contributed by atoms with van der Waals surface area (Å²) in [5.41, 5.74) is 10.1. The van der Waals surface area contributed by atoms with Gasteiger partial charge in [0.05, 0.1) is 11.4 Å². The van der Waals surface area contributed by atoms with E-state index in [0.717, 1.165) is 22.4 Å². The Morgan fingerprint density at radius 2 is 1.96 bits per heavy atom. The molecule has 2 aromatic rings. The quantitative estimate of drug-likeness (QED) is 0.886. The number of amides is 1. The fraction of sp³-hybridized carbons (Fsp3) is 0.222. The van der Waals surface area contributed by atoms with Crippen molar-refractivity contribution >= 4 is 28.9 Å². The third kappa shape index (κ3) is 3.00. The zero-order valence-corrected chi connectivity index (χ0v) is 13.8. The van der Waals surface area contributed by atoms with Crippen LogP contribution < -0.4 is 11.1 Å². The first-order chi connectivity index (χ1) is 11.0. The van der Waals surface area contributed by atoms with Gasteiger partial charge >= 0.3 is 0 Å². The Labute approximate surface area is 140 Å². The minimum atomic E-state index is -0.948. The maximum Gasteiger partial charge on any atom is 0.263 e. The number of anilines is 1. The van der Waals surface area contributed by atoms with Gasteiger partial charge in [-0.3, -0.25) is 9.79 Å². The molecule has 0 fully saturated rings. The van der Waals surface area contributed by atoms with Gasteiger partial charge in [0.1, 0.15) is 0 Å². The molecule has 1 amide bonds. The highest BCUT2D eigenvalue weighted by molar-refractivity contribution is 6.31. The average Bonchev–Trinajstić information content (AvgIpc) is 2.64. The maximum atomic E-state index is 12.2. The molecular formula is C18H18ClN3O. The molecule has 0 spiro atoms. The van der Waals surface area contributed by atoms with Crippen LogP contribution in [0, 0.1) is 0 Å². The molecule has 1 aliphatic rings. The molecule has 1 unspecified atom stereocenters. The number of rotatable bonds is 2. The molecular weight excluding hydrogens is 310 g/mol. The SMILES string of the molecule is CC(C)c1cccc2c1NC(=O)C(N)N=C2c1cccc(Cl)c1. The fourth-order valence-corrected chi connectivity index (χ4v) is 2.91. The smallest absolute Gasteiger partial charge is 0.263 e. The first-order valence-corrected chi connectivity index (χ1v) is 7.88. The number of benzene rings is 2. The maximum absolute atomic E-state index is 12.2. The molecule has 23 heavy (non-hydrogen) atoms. The number of carbonyl (C=O) groups is 1. The lowest BCUT2D eigenvalue weighted by molar-refractivity contribution is -0.117. The van der Waals surface area contributed by atoms with Crippen molar-refractivity contribution in [2.24, 2.45) is 10.7 Å². The Balaban J connectivity index is 2.26. The molecule has 4 nitrogen and oxygen atoms in total. The minimum Gasteiger partial charge on any atom is -0.322 e. The number of aliphatic imine (C=N–C) groups is 1. The molecule has 0 saturated heterocycles. The Morgan fingerprint density at radius 3 is 2.65 bits per heavy atom. The highest BCUT2D eigenvalue weighted by atomic mass is 35.5. The van der Waals surface area contributed by atoms with Gasteiger partial charge in [-0.2, -0.15) is 0 Å². The summed E-state index contributed by atoms with van der Waals surface area (Å²) in [6, 6.07) is 13.3. The molecule has 1 aliphatic heterocycles. The molecule has 3 N–H and O–H groups in total. The van der Waals surface area contributed by atoms with E-state index in [2.05, 4.69) is 24.2 Å². The fourth-order valence-electron chi connectivity index (χ4n) is 2.72. The van der Waals surface area contributed by atoms with E-state index < -0.39 is 6.17 Å². The highest BCUT2D eigenvalue weighted by Crippen LogP contribution is 2.32. The topological polar surface area (TPSA) is 67.5 Å². The predicted molar refractivity (Wildman–Crippen MR) is 94.2 cm³/mol. The summed E-state index contributed by atoms with van der Waals surface area (Å²) in [6.45, 7) is 4.17. The van der Waals surface area contributed by atoms with E-state index in [4.69, 9.17) is 17.3 Å². The first-order valence-electron chi connectivity index (χ1n) is 7.51. The number of fused-ring (bicyclic) bond motifs is 1. The first kappa shape index (κ1) is 15.7. The van der Waals surface area contributed by atoms with Gasteiger partial charge in [0.25, 0.3) is 5.91 Å². The second-order valence-electron chi connectivity index (χ2n) is 5.85. The van der Waals surface area contributed by atoms with Crippen molar-refractivity contribution in [3.63, 3.8) is 0 Å². The van der Waals surface area contributed by atoms with E-state index in [1.807, 2.05) is 36.4 Å². The summed E-state index contributed by atoms with van der Waals surface area (Å²) in [6.07, 6.45) is -0.948. The summed E-state index contributed by atoms with van der Waals surface area (Å²) in [4.78, 5) is 16.7. The molecule has 0 aromatic heterocycles. The van der Waals surface area contributed by atoms with Crippen LogP contribution in [0.15, 0.2) is 47.5 Å². The van der Waals surface area contributed by atoms with Crippen LogP contribution in [0.4, 0.5) is 5.69 Å². The van der Waals surface area contributed by atoms with Crippen LogP contribution in [-0.4, -0.2) is 17.8 Å². The number of hydrogen-bond acceptors (Lipinski definition) is 3. The third-order valence-corrected chi connectivity index (χ3v) is 4.09. The molecule has 0 saturated carbocycles. The minimum absolute atomic E-state index is 0.264. The van der Waals surface area contributed by atoms with Crippen LogP contribution in [0.2, 0.25) is 5.02 Å². The second kappa shape index (κ2) is 6.14. The van der Waals surface area contributed by atoms with E-state index in [0.29, 0.717) is 10.7 Å². The largest absolute Gasteiger partial charge is 0.322 e. The molecule has 1 heterocycles. The van der Waals surface area contributed by atoms with Crippen molar-refractivity contribution in [3.05, 3.63) is 64.2 Å². The van der Waals surface area contributed by atoms with Gasteiger partial charge in [-0.25, -0.2) is 0 Å². The molecule has 5 heteroatoms. The van der Waals surface area contributed by atoms with Crippen molar-refractivity contribution < 1.29 is 4.79 Å². The van der Waals surface area contributed by atoms with E-state index in [9.17, 15) is 4.79 Å². The molecule has 3 rings (SSSR count). The van der Waals surface area contributed by atoms with Crippen LogP contribution in [0.5, 0.6) is 0 Å². The number of halogens is 1. The van der Waals surface area contributed by atoms with Crippen LogP contribution in [0.25, 0.3) is 0 Å². The normalized spacial score (nSPS) is 17.3. The summed E-state index contributed by atoms with van der Waals surface area (Å²) in [7, 11) is 0. The molecule has 0 bridgehead atoms. The van der Waals surface area contributed by atoms with Crippen molar-refractivity contribution in [2.75, 3.05) is 5.32 Å².